The summed E-state index contributed by atoms with van der Waals surface area (Å²) in [5, 5.41) is 5.29. The lowest BCUT2D eigenvalue weighted by Gasteiger charge is -2.36. The molecular formula is C19H28N4O4. The Morgan fingerprint density at radius 1 is 1.30 bits per heavy atom. The number of nitrogens with one attached hydrogen (secondary N) is 2. The number of amides is 3. The number of benzene rings is 1. The Hall–Kier alpha value is -2.77. The molecule has 1 aliphatic heterocycles. The van der Waals surface area contributed by atoms with E-state index in [0.717, 1.165) is 5.69 Å². The van der Waals surface area contributed by atoms with Crippen LogP contribution >= 0.6 is 0 Å². The van der Waals surface area contributed by atoms with Crippen LogP contribution in [0.3, 0.4) is 0 Å². The summed E-state index contributed by atoms with van der Waals surface area (Å²) in [6.07, 6.45) is 0.169. The third-order valence-electron chi connectivity index (χ3n) is 4.64. The molecule has 0 aliphatic carbocycles. The van der Waals surface area contributed by atoms with E-state index in [1.165, 1.54) is 11.9 Å². The third-order valence-corrected chi connectivity index (χ3v) is 4.64. The molecule has 0 fully saturated rings. The van der Waals surface area contributed by atoms with E-state index in [9.17, 15) is 14.4 Å². The van der Waals surface area contributed by atoms with Crippen molar-refractivity contribution in [1.29, 1.82) is 0 Å². The van der Waals surface area contributed by atoms with Gasteiger partial charge in [-0.05, 0) is 32.0 Å². The van der Waals surface area contributed by atoms with Crippen LogP contribution in [-0.4, -0.2) is 69.0 Å². The largest absolute Gasteiger partial charge is 0.489 e. The van der Waals surface area contributed by atoms with Crippen LogP contribution in [0.15, 0.2) is 18.2 Å². The van der Waals surface area contributed by atoms with Crippen molar-refractivity contribution in [2.75, 3.05) is 39.7 Å². The van der Waals surface area contributed by atoms with Gasteiger partial charge in [0, 0.05) is 33.8 Å². The molecule has 1 aromatic rings. The molecule has 0 spiro atoms. The first-order valence-electron chi connectivity index (χ1n) is 8.81. The lowest BCUT2D eigenvalue weighted by Crippen LogP contribution is -2.55. The summed E-state index contributed by atoms with van der Waals surface area (Å²) in [4.78, 5) is 39.9. The standard InChI is InChI=1S/C19H28N4O4/c1-19(2,18(26)20-3)21-16(24)10-13-11-27-15-8-7-12(17(25)22(4)5)9-14(15)23(13)6/h7-9,13H,10-11H2,1-6H3,(H,20,26)(H,21,24)/t13-/m1/s1. The number of carbonyl (C=O) groups is 3. The molecule has 0 bridgehead atoms. The summed E-state index contributed by atoms with van der Waals surface area (Å²) < 4.78 is 5.78. The highest BCUT2D eigenvalue weighted by Gasteiger charge is 2.32. The normalized spacial score (nSPS) is 16.1. The molecule has 1 aliphatic rings. The molecule has 0 saturated carbocycles. The molecule has 1 heterocycles. The predicted molar refractivity (Wildman–Crippen MR) is 103 cm³/mol. The molecule has 0 radical (unpaired) electrons. The molecule has 0 aromatic heterocycles. The fourth-order valence-electron chi connectivity index (χ4n) is 2.98. The number of hydrogen-bond donors (Lipinski definition) is 2. The highest BCUT2D eigenvalue weighted by atomic mass is 16.5. The van der Waals surface area contributed by atoms with Gasteiger partial charge < -0.3 is 25.2 Å². The summed E-state index contributed by atoms with van der Waals surface area (Å²) in [6.45, 7) is 3.65. The van der Waals surface area contributed by atoms with Crippen molar-refractivity contribution in [3.63, 3.8) is 0 Å². The van der Waals surface area contributed by atoms with Crippen molar-refractivity contribution in [3.8, 4) is 5.75 Å². The monoisotopic (exact) mass is 376 g/mol. The number of hydrogen-bond acceptors (Lipinski definition) is 5. The Morgan fingerprint density at radius 3 is 2.56 bits per heavy atom. The quantitative estimate of drug-likeness (QED) is 0.786. The van der Waals surface area contributed by atoms with Crippen molar-refractivity contribution in [1.82, 2.24) is 15.5 Å². The van der Waals surface area contributed by atoms with Crippen LogP contribution in [0.25, 0.3) is 0 Å². The zero-order valence-electron chi connectivity index (χ0n) is 16.8. The average Bonchev–Trinajstić information content (AvgIpc) is 2.61. The first-order chi connectivity index (χ1) is 12.6. The van der Waals surface area contributed by atoms with E-state index in [2.05, 4.69) is 10.6 Å². The zero-order valence-corrected chi connectivity index (χ0v) is 16.8. The molecule has 0 unspecified atom stereocenters. The Morgan fingerprint density at radius 2 is 1.96 bits per heavy atom. The maximum atomic E-state index is 12.4. The summed E-state index contributed by atoms with van der Waals surface area (Å²) in [7, 11) is 6.79. The van der Waals surface area contributed by atoms with Gasteiger partial charge in [-0.3, -0.25) is 14.4 Å². The Kier molecular flexibility index (Phi) is 5.98. The second kappa shape index (κ2) is 7.85. The fourth-order valence-corrected chi connectivity index (χ4v) is 2.98. The first-order valence-corrected chi connectivity index (χ1v) is 8.81. The topological polar surface area (TPSA) is 91.0 Å². The fraction of sp³-hybridized carbons (Fsp3) is 0.526. The van der Waals surface area contributed by atoms with Gasteiger partial charge in [-0.25, -0.2) is 0 Å². The van der Waals surface area contributed by atoms with Gasteiger partial charge >= 0.3 is 0 Å². The number of anilines is 1. The van der Waals surface area contributed by atoms with Gasteiger partial charge in [-0.2, -0.15) is 0 Å². The molecular weight excluding hydrogens is 348 g/mol. The van der Waals surface area contributed by atoms with E-state index in [1.54, 1.807) is 46.1 Å². The smallest absolute Gasteiger partial charge is 0.253 e. The lowest BCUT2D eigenvalue weighted by atomic mass is 10.0. The van der Waals surface area contributed by atoms with Crippen LogP contribution in [-0.2, 0) is 9.59 Å². The maximum Gasteiger partial charge on any atom is 0.253 e. The maximum absolute atomic E-state index is 12.4. The van der Waals surface area contributed by atoms with E-state index in [0.29, 0.717) is 17.9 Å². The summed E-state index contributed by atoms with van der Waals surface area (Å²) in [6, 6.07) is 5.07. The molecule has 8 nitrogen and oxygen atoms in total. The van der Waals surface area contributed by atoms with Gasteiger partial charge in [0.05, 0.1) is 18.2 Å². The number of ether oxygens (including phenoxy) is 1. The van der Waals surface area contributed by atoms with Crippen molar-refractivity contribution in [3.05, 3.63) is 23.8 Å². The number of rotatable bonds is 5. The molecule has 0 saturated heterocycles. The SMILES string of the molecule is CNC(=O)C(C)(C)NC(=O)C[C@@H]1COc2ccc(C(=O)N(C)C)cc2N1C. The van der Waals surface area contributed by atoms with E-state index < -0.39 is 5.54 Å². The second-order valence-electron chi connectivity index (χ2n) is 7.41. The van der Waals surface area contributed by atoms with Gasteiger partial charge in [0.15, 0.2) is 0 Å². The van der Waals surface area contributed by atoms with Crippen LogP contribution in [0.5, 0.6) is 5.75 Å². The minimum atomic E-state index is -0.997. The number of nitrogens with zero attached hydrogens (tertiary/aromatic N) is 2. The highest BCUT2D eigenvalue weighted by molar-refractivity contribution is 5.95. The molecule has 2 rings (SSSR count). The predicted octanol–water partition coefficient (Wildman–Crippen LogP) is 0.617. The molecule has 27 heavy (non-hydrogen) atoms. The molecule has 3 amide bonds. The van der Waals surface area contributed by atoms with Crippen molar-refractivity contribution < 1.29 is 19.1 Å². The van der Waals surface area contributed by atoms with Gasteiger partial charge in [-0.1, -0.05) is 0 Å². The molecule has 8 heteroatoms. The van der Waals surface area contributed by atoms with E-state index in [1.807, 2.05) is 11.9 Å². The lowest BCUT2D eigenvalue weighted by molar-refractivity contribution is -0.132. The van der Waals surface area contributed by atoms with Gasteiger partial charge in [0.25, 0.3) is 5.91 Å². The summed E-state index contributed by atoms with van der Waals surface area (Å²) in [5.41, 5.74) is 0.320. The van der Waals surface area contributed by atoms with Crippen molar-refractivity contribution in [2.24, 2.45) is 0 Å². The van der Waals surface area contributed by atoms with E-state index in [4.69, 9.17) is 4.74 Å². The minimum absolute atomic E-state index is 0.0987. The third kappa shape index (κ3) is 4.50. The molecule has 2 N–H and O–H groups in total. The van der Waals surface area contributed by atoms with Gasteiger partial charge in [0.1, 0.15) is 17.9 Å². The van der Waals surface area contributed by atoms with Gasteiger partial charge in [0.2, 0.25) is 11.8 Å². The summed E-state index contributed by atoms with van der Waals surface area (Å²) >= 11 is 0. The van der Waals surface area contributed by atoms with E-state index in [-0.39, 0.29) is 30.2 Å². The van der Waals surface area contributed by atoms with Crippen LogP contribution in [0.2, 0.25) is 0 Å². The Balaban J connectivity index is 2.12. The van der Waals surface area contributed by atoms with Crippen molar-refractivity contribution in [2.45, 2.75) is 31.8 Å². The molecule has 148 valence electrons. The van der Waals surface area contributed by atoms with E-state index >= 15 is 0 Å². The number of carbonyl (C=O) groups excluding carboxylic acids is 3. The highest BCUT2D eigenvalue weighted by Crippen LogP contribution is 2.34. The summed E-state index contributed by atoms with van der Waals surface area (Å²) in [5.74, 6) is 0.0721. The van der Waals surface area contributed by atoms with Crippen molar-refractivity contribution >= 4 is 23.4 Å². The number of likely N-dealkylation sites (N-methyl/N-ethyl adjacent to an activating group) is 2. The molecule has 1 aromatic carbocycles. The van der Waals surface area contributed by atoms with Crippen LogP contribution in [0.4, 0.5) is 5.69 Å². The van der Waals surface area contributed by atoms with Crippen LogP contribution < -0.4 is 20.3 Å². The van der Waals surface area contributed by atoms with Crippen LogP contribution in [0, 0.1) is 0 Å². The molecule has 1 atom stereocenters. The average molecular weight is 376 g/mol. The zero-order chi connectivity index (χ0) is 20.4. The number of fused-ring (bicyclic) bond motifs is 1. The van der Waals surface area contributed by atoms with Crippen LogP contribution in [0.1, 0.15) is 30.6 Å². The second-order valence-corrected chi connectivity index (χ2v) is 7.41. The Bertz CT molecular complexity index is 745. The minimum Gasteiger partial charge on any atom is -0.489 e. The van der Waals surface area contributed by atoms with Gasteiger partial charge in [-0.15, -0.1) is 0 Å². The first kappa shape index (κ1) is 20.5. The Labute approximate surface area is 159 Å².